The fourth-order valence-electron chi connectivity index (χ4n) is 2.10. The second kappa shape index (κ2) is 11.5. The van der Waals surface area contributed by atoms with Gasteiger partial charge in [0.1, 0.15) is 0 Å². The predicted octanol–water partition coefficient (Wildman–Crippen LogP) is 3.53. The first-order valence-corrected chi connectivity index (χ1v) is 8.37. The van der Waals surface area contributed by atoms with Crippen LogP contribution in [0.25, 0.3) is 0 Å². The van der Waals surface area contributed by atoms with Gasteiger partial charge in [0.25, 0.3) is 5.91 Å². The summed E-state index contributed by atoms with van der Waals surface area (Å²) in [6.07, 6.45) is 3.00. The Morgan fingerprint density at radius 2 is 2.09 bits per heavy atom. The van der Waals surface area contributed by atoms with Crippen LogP contribution in [0, 0.1) is 0 Å². The van der Waals surface area contributed by atoms with Crippen LogP contribution >= 0.6 is 28.3 Å². The van der Waals surface area contributed by atoms with Crippen LogP contribution in [0.15, 0.2) is 16.6 Å². The Balaban J connectivity index is 0.00000484. The van der Waals surface area contributed by atoms with Crippen LogP contribution in [0.3, 0.4) is 0 Å². The Morgan fingerprint density at radius 3 is 2.61 bits per heavy atom. The maximum Gasteiger partial charge on any atom is 0.251 e. The molecule has 0 aliphatic carbocycles. The molecule has 1 aromatic carbocycles. The van der Waals surface area contributed by atoms with Gasteiger partial charge in [-0.05, 0) is 41.4 Å². The molecule has 1 aromatic rings. The molecule has 0 saturated carbocycles. The standard InChI is InChI=1S/C16H25BrN2O3.ClH/c1-4-6-7-12(10-18)19-16(20)11-8-13(17)15(22-5-2)14(9-11)21-3;/h8-9,12H,4-7,10,18H2,1-3H3,(H,19,20);1H. The number of methoxy groups -OCH3 is 1. The molecule has 0 aromatic heterocycles. The third-order valence-corrected chi connectivity index (χ3v) is 3.90. The lowest BCUT2D eigenvalue weighted by Gasteiger charge is -2.18. The third kappa shape index (κ3) is 6.57. The fraction of sp³-hybridized carbons (Fsp3) is 0.562. The van der Waals surface area contributed by atoms with Gasteiger partial charge in [-0.3, -0.25) is 4.79 Å². The number of rotatable bonds is 9. The van der Waals surface area contributed by atoms with Crippen molar-refractivity contribution in [2.24, 2.45) is 5.73 Å². The van der Waals surface area contributed by atoms with Crippen LogP contribution in [0.1, 0.15) is 43.5 Å². The molecule has 0 aliphatic heterocycles. The van der Waals surface area contributed by atoms with E-state index in [0.717, 1.165) is 19.3 Å². The normalized spacial score (nSPS) is 11.3. The molecule has 1 amide bonds. The molecule has 3 N–H and O–H groups in total. The van der Waals surface area contributed by atoms with Gasteiger partial charge in [-0.15, -0.1) is 12.4 Å². The molecule has 0 spiro atoms. The minimum absolute atomic E-state index is 0. The molecule has 0 aliphatic rings. The van der Waals surface area contributed by atoms with Gasteiger partial charge in [-0.2, -0.15) is 0 Å². The quantitative estimate of drug-likeness (QED) is 0.654. The Kier molecular flexibility index (Phi) is 11.0. The number of hydrogen-bond acceptors (Lipinski definition) is 4. The van der Waals surface area contributed by atoms with Crippen LogP contribution in [0.4, 0.5) is 0 Å². The van der Waals surface area contributed by atoms with E-state index >= 15 is 0 Å². The van der Waals surface area contributed by atoms with E-state index in [1.807, 2.05) is 6.92 Å². The first-order valence-electron chi connectivity index (χ1n) is 7.58. The van der Waals surface area contributed by atoms with Gasteiger partial charge < -0.3 is 20.5 Å². The minimum atomic E-state index is -0.159. The summed E-state index contributed by atoms with van der Waals surface area (Å²) in [6, 6.07) is 3.40. The van der Waals surface area contributed by atoms with E-state index in [1.54, 1.807) is 19.2 Å². The second-order valence-electron chi connectivity index (χ2n) is 4.97. The smallest absolute Gasteiger partial charge is 0.251 e. The molecule has 0 saturated heterocycles. The van der Waals surface area contributed by atoms with Gasteiger partial charge in [-0.25, -0.2) is 0 Å². The largest absolute Gasteiger partial charge is 0.493 e. The minimum Gasteiger partial charge on any atom is -0.493 e. The van der Waals surface area contributed by atoms with Gasteiger partial charge >= 0.3 is 0 Å². The lowest BCUT2D eigenvalue weighted by molar-refractivity contribution is 0.0935. The molecule has 1 atom stereocenters. The molecule has 0 radical (unpaired) electrons. The zero-order valence-electron chi connectivity index (χ0n) is 13.9. The lowest BCUT2D eigenvalue weighted by atomic mass is 10.1. The number of benzene rings is 1. The van der Waals surface area contributed by atoms with E-state index in [2.05, 4.69) is 28.2 Å². The molecule has 132 valence electrons. The summed E-state index contributed by atoms with van der Waals surface area (Å²) in [5, 5.41) is 2.97. The molecular formula is C16H26BrClN2O3. The average Bonchev–Trinajstić information content (AvgIpc) is 2.52. The van der Waals surface area contributed by atoms with Gasteiger partial charge in [-0.1, -0.05) is 19.8 Å². The van der Waals surface area contributed by atoms with E-state index in [0.29, 0.717) is 34.7 Å². The maximum absolute atomic E-state index is 12.4. The van der Waals surface area contributed by atoms with Crippen LogP contribution in [0.5, 0.6) is 11.5 Å². The SMILES string of the molecule is CCCCC(CN)NC(=O)c1cc(Br)c(OCC)c(OC)c1.Cl. The molecule has 23 heavy (non-hydrogen) atoms. The van der Waals surface area contributed by atoms with Gasteiger partial charge in [0.05, 0.1) is 18.2 Å². The number of nitrogens with one attached hydrogen (secondary N) is 1. The molecule has 0 heterocycles. The predicted molar refractivity (Wildman–Crippen MR) is 98.9 cm³/mol. The van der Waals surface area contributed by atoms with Crippen molar-refractivity contribution in [2.75, 3.05) is 20.3 Å². The highest BCUT2D eigenvalue weighted by molar-refractivity contribution is 9.10. The van der Waals surface area contributed by atoms with E-state index in [9.17, 15) is 4.79 Å². The van der Waals surface area contributed by atoms with E-state index in [-0.39, 0.29) is 24.4 Å². The Labute approximate surface area is 152 Å². The number of hydrogen-bond donors (Lipinski definition) is 2. The van der Waals surface area contributed by atoms with Crippen LogP contribution in [0.2, 0.25) is 0 Å². The zero-order valence-corrected chi connectivity index (χ0v) is 16.3. The zero-order chi connectivity index (χ0) is 16.5. The van der Waals surface area contributed by atoms with E-state index < -0.39 is 0 Å². The molecule has 1 rings (SSSR count). The first-order chi connectivity index (χ1) is 10.6. The first kappa shape index (κ1) is 22.0. The summed E-state index contributed by atoms with van der Waals surface area (Å²) < 4.78 is 11.5. The van der Waals surface area contributed by atoms with Gasteiger partial charge in [0, 0.05) is 18.2 Å². The molecule has 7 heteroatoms. The van der Waals surface area contributed by atoms with Crippen molar-refractivity contribution in [1.29, 1.82) is 0 Å². The molecule has 1 unspecified atom stereocenters. The monoisotopic (exact) mass is 408 g/mol. The highest BCUT2D eigenvalue weighted by Gasteiger charge is 2.17. The molecular weight excluding hydrogens is 384 g/mol. The van der Waals surface area contributed by atoms with Crippen molar-refractivity contribution < 1.29 is 14.3 Å². The molecule has 0 fully saturated rings. The number of carbonyl (C=O) groups excluding carboxylic acids is 1. The van der Waals surface area contributed by atoms with Crippen molar-refractivity contribution in [3.63, 3.8) is 0 Å². The number of amides is 1. The van der Waals surface area contributed by atoms with Crippen molar-refractivity contribution in [3.05, 3.63) is 22.2 Å². The Hall–Kier alpha value is -0.980. The average molecular weight is 410 g/mol. The molecule has 0 bridgehead atoms. The van der Waals surface area contributed by atoms with Crippen LogP contribution < -0.4 is 20.5 Å². The second-order valence-corrected chi connectivity index (χ2v) is 5.83. The number of carbonyl (C=O) groups is 1. The Morgan fingerprint density at radius 1 is 1.39 bits per heavy atom. The van der Waals surface area contributed by atoms with E-state index in [1.165, 1.54) is 0 Å². The van der Waals surface area contributed by atoms with Crippen molar-refractivity contribution in [1.82, 2.24) is 5.32 Å². The van der Waals surface area contributed by atoms with Gasteiger partial charge in [0.2, 0.25) is 0 Å². The summed E-state index contributed by atoms with van der Waals surface area (Å²) in [5.41, 5.74) is 6.24. The van der Waals surface area contributed by atoms with Crippen LogP contribution in [-0.4, -0.2) is 32.2 Å². The summed E-state index contributed by atoms with van der Waals surface area (Å²) in [4.78, 5) is 12.4. The summed E-state index contributed by atoms with van der Waals surface area (Å²) >= 11 is 3.42. The molecule has 5 nitrogen and oxygen atoms in total. The summed E-state index contributed by atoms with van der Waals surface area (Å²) in [5.74, 6) is 0.968. The van der Waals surface area contributed by atoms with Crippen molar-refractivity contribution in [2.45, 2.75) is 39.2 Å². The lowest BCUT2D eigenvalue weighted by Crippen LogP contribution is -2.40. The van der Waals surface area contributed by atoms with Crippen molar-refractivity contribution in [3.8, 4) is 11.5 Å². The highest BCUT2D eigenvalue weighted by atomic mass is 79.9. The Bertz CT molecular complexity index is 500. The highest BCUT2D eigenvalue weighted by Crippen LogP contribution is 2.36. The summed E-state index contributed by atoms with van der Waals surface area (Å²) in [7, 11) is 1.55. The maximum atomic E-state index is 12.4. The topological polar surface area (TPSA) is 73.6 Å². The summed E-state index contributed by atoms with van der Waals surface area (Å²) in [6.45, 7) is 4.96. The third-order valence-electron chi connectivity index (χ3n) is 3.31. The number of halogens is 2. The fourth-order valence-corrected chi connectivity index (χ4v) is 2.66. The number of unbranched alkanes of at least 4 members (excludes halogenated alkanes) is 1. The van der Waals surface area contributed by atoms with Crippen LogP contribution in [-0.2, 0) is 0 Å². The van der Waals surface area contributed by atoms with Gasteiger partial charge in [0.15, 0.2) is 11.5 Å². The van der Waals surface area contributed by atoms with E-state index in [4.69, 9.17) is 15.2 Å². The van der Waals surface area contributed by atoms with Crippen molar-refractivity contribution >= 4 is 34.2 Å². The number of nitrogens with two attached hydrogens (primary N) is 1. The number of ether oxygens (including phenoxy) is 2.